The highest BCUT2D eigenvalue weighted by Gasteiger charge is 2.20. The second-order valence-electron chi connectivity index (χ2n) is 6.22. The Kier molecular flexibility index (Phi) is 5.27. The number of aromatic nitrogens is 2. The third-order valence-electron chi connectivity index (χ3n) is 4.42. The lowest BCUT2D eigenvalue weighted by Crippen LogP contribution is -2.28. The predicted octanol–water partition coefficient (Wildman–Crippen LogP) is 1.90. The third-order valence-corrected chi connectivity index (χ3v) is 4.42. The van der Waals surface area contributed by atoms with Gasteiger partial charge in [-0.05, 0) is 25.7 Å². The Labute approximate surface area is 141 Å². The van der Waals surface area contributed by atoms with Gasteiger partial charge < -0.3 is 20.8 Å². The number of aliphatic hydroxyl groups is 2. The van der Waals surface area contributed by atoms with E-state index in [1.807, 2.05) is 24.4 Å². The van der Waals surface area contributed by atoms with Crippen LogP contribution < -0.4 is 10.6 Å². The predicted molar refractivity (Wildman–Crippen MR) is 95.5 cm³/mol. The van der Waals surface area contributed by atoms with Crippen molar-refractivity contribution in [3.8, 4) is 0 Å². The van der Waals surface area contributed by atoms with Crippen molar-refractivity contribution in [3.05, 3.63) is 36.5 Å². The summed E-state index contributed by atoms with van der Waals surface area (Å²) in [6.45, 7) is 4.54. The average molecular weight is 328 g/mol. The normalized spacial score (nSPS) is 20.8. The Bertz CT molecular complexity index is 711. The van der Waals surface area contributed by atoms with Gasteiger partial charge in [0, 0.05) is 35.4 Å². The Balaban J connectivity index is 1.82. The van der Waals surface area contributed by atoms with Crippen LogP contribution in [0.4, 0.5) is 5.95 Å². The molecular formula is C18H24N4O2. The van der Waals surface area contributed by atoms with Crippen molar-refractivity contribution in [2.24, 2.45) is 0 Å². The molecule has 1 aromatic heterocycles. The lowest BCUT2D eigenvalue weighted by Gasteiger charge is -2.26. The molecule has 0 radical (unpaired) electrons. The largest absolute Gasteiger partial charge is 0.395 e. The molecule has 0 unspecified atom stereocenters. The van der Waals surface area contributed by atoms with Crippen molar-refractivity contribution < 1.29 is 10.2 Å². The average Bonchev–Trinajstić information content (AvgIpc) is 2.61. The molecule has 24 heavy (non-hydrogen) atoms. The van der Waals surface area contributed by atoms with Crippen molar-refractivity contribution in [1.29, 1.82) is 0 Å². The van der Waals surface area contributed by atoms with Crippen LogP contribution in [-0.2, 0) is 0 Å². The van der Waals surface area contributed by atoms with Crippen LogP contribution in [0.5, 0.6) is 0 Å². The summed E-state index contributed by atoms with van der Waals surface area (Å²) in [5.74, 6) is 0.603. The Morgan fingerprint density at radius 3 is 2.79 bits per heavy atom. The van der Waals surface area contributed by atoms with Crippen LogP contribution in [0, 0.1) is 0 Å². The SMILES string of the molecule is C=C(NCCO)c1cccc2cnc(N[C@H]3CC[C@H](O)CC3)nc12. The molecule has 0 aliphatic heterocycles. The molecule has 2 aromatic rings. The molecule has 0 saturated heterocycles. The van der Waals surface area contributed by atoms with Crippen molar-refractivity contribution in [2.45, 2.75) is 37.8 Å². The highest BCUT2D eigenvalue weighted by molar-refractivity contribution is 5.90. The molecule has 0 amide bonds. The number of aliphatic hydroxyl groups excluding tert-OH is 2. The molecule has 1 saturated carbocycles. The van der Waals surface area contributed by atoms with Crippen LogP contribution in [-0.4, -0.2) is 45.5 Å². The Hall–Kier alpha value is -2.18. The van der Waals surface area contributed by atoms with Crippen LogP contribution in [0.2, 0.25) is 0 Å². The van der Waals surface area contributed by atoms with E-state index in [0.29, 0.717) is 18.5 Å². The third kappa shape index (κ3) is 3.83. The van der Waals surface area contributed by atoms with Gasteiger partial charge in [-0.1, -0.05) is 24.8 Å². The number of nitrogens with zero attached hydrogens (tertiary/aromatic N) is 2. The zero-order chi connectivity index (χ0) is 16.9. The van der Waals surface area contributed by atoms with E-state index in [0.717, 1.165) is 47.8 Å². The van der Waals surface area contributed by atoms with Gasteiger partial charge in [-0.25, -0.2) is 9.97 Å². The van der Waals surface area contributed by atoms with Gasteiger partial charge in [0.15, 0.2) is 0 Å². The molecule has 1 aliphatic rings. The molecular weight excluding hydrogens is 304 g/mol. The number of anilines is 1. The molecule has 128 valence electrons. The zero-order valence-electron chi connectivity index (χ0n) is 13.7. The van der Waals surface area contributed by atoms with Crippen LogP contribution in [0.1, 0.15) is 31.2 Å². The van der Waals surface area contributed by atoms with E-state index in [2.05, 4.69) is 27.2 Å². The molecule has 1 heterocycles. The van der Waals surface area contributed by atoms with E-state index >= 15 is 0 Å². The Morgan fingerprint density at radius 2 is 2.04 bits per heavy atom. The van der Waals surface area contributed by atoms with Crippen LogP contribution in [0.25, 0.3) is 16.6 Å². The molecule has 0 atom stereocenters. The molecule has 3 rings (SSSR count). The van der Waals surface area contributed by atoms with Gasteiger partial charge in [0.05, 0.1) is 18.2 Å². The van der Waals surface area contributed by atoms with E-state index in [9.17, 15) is 5.11 Å². The zero-order valence-corrected chi connectivity index (χ0v) is 13.7. The van der Waals surface area contributed by atoms with Gasteiger partial charge in [0.1, 0.15) is 0 Å². The summed E-state index contributed by atoms with van der Waals surface area (Å²) < 4.78 is 0. The lowest BCUT2D eigenvalue weighted by molar-refractivity contribution is 0.126. The molecule has 6 nitrogen and oxygen atoms in total. The quantitative estimate of drug-likeness (QED) is 0.647. The summed E-state index contributed by atoms with van der Waals surface area (Å²) in [6, 6.07) is 6.18. The number of hydrogen-bond acceptors (Lipinski definition) is 6. The number of para-hydroxylation sites is 1. The van der Waals surface area contributed by atoms with Crippen molar-refractivity contribution in [2.75, 3.05) is 18.5 Å². The number of rotatable bonds is 6. The van der Waals surface area contributed by atoms with E-state index < -0.39 is 0 Å². The van der Waals surface area contributed by atoms with Crippen LogP contribution in [0.15, 0.2) is 31.0 Å². The van der Waals surface area contributed by atoms with Gasteiger partial charge >= 0.3 is 0 Å². The molecule has 1 fully saturated rings. The van der Waals surface area contributed by atoms with E-state index in [1.165, 1.54) is 0 Å². The van der Waals surface area contributed by atoms with Gasteiger partial charge in [-0.2, -0.15) is 0 Å². The molecule has 4 N–H and O–H groups in total. The van der Waals surface area contributed by atoms with Gasteiger partial charge in [-0.3, -0.25) is 0 Å². The van der Waals surface area contributed by atoms with Crippen molar-refractivity contribution in [1.82, 2.24) is 15.3 Å². The lowest BCUT2D eigenvalue weighted by atomic mass is 9.93. The fraction of sp³-hybridized carbons (Fsp3) is 0.444. The fourth-order valence-corrected chi connectivity index (χ4v) is 3.07. The van der Waals surface area contributed by atoms with Crippen molar-refractivity contribution >= 4 is 22.5 Å². The maximum atomic E-state index is 9.61. The number of benzene rings is 1. The first-order valence-corrected chi connectivity index (χ1v) is 8.41. The van der Waals surface area contributed by atoms with E-state index in [-0.39, 0.29) is 12.7 Å². The van der Waals surface area contributed by atoms with Gasteiger partial charge in [-0.15, -0.1) is 0 Å². The summed E-state index contributed by atoms with van der Waals surface area (Å²) in [5.41, 5.74) is 2.48. The van der Waals surface area contributed by atoms with E-state index in [1.54, 1.807) is 0 Å². The minimum Gasteiger partial charge on any atom is -0.395 e. The minimum atomic E-state index is -0.173. The standard InChI is InChI=1S/C18H24N4O2/c1-12(19-9-10-23)16-4-2-3-13-11-20-18(22-17(13)16)21-14-5-7-15(24)8-6-14/h2-4,11,14-15,19,23-24H,1,5-10H2,(H,20,21,22)/t14-,15-. The highest BCUT2D eigenvalue weighted by atomic mass is 16.3. The topological polar surface area (TPSA) is 90.3 Å². The second-order valence-corrected chi connectivity index (χ2v) is 6.22. The van der Waals surface area contributed by atoms with Gasteiger partial charge in [0.25, 0.3) is 0 Å². The first-order chi connectivity index (χ1) is 11.7. The Morgan fingerprint density at radius 1 is 1.25 bits per heavy atom. The molecule has 6 heteroatoms. The van der Waals surface area contributed by atoms with Crippen molar-refractivity contribution in [3.63, 3.8) is 0 Å². The number of hydrogen-bond donors (Lipinski definition) is 4. The summed E-state index contributed by atoms with van der Waals surface area (Å²) in [5, 5.41) is 26.0. The monoisotopic (exact) mass is 328 g/mol. The summed E-state index contributed by atoms with van der Waals surface area (Å²) >= 11 is 0. The summed E-state index contributed by atoms with van der Waals surface area (Å²) in [4.78, 5) is 9.08. The first-order valence-electron chi connectivity index (χ1n) is 8.41. The maximum Gasteiger partial charge on any atom is 0.223 e. The maximum absolute atomic E-state index is 9.61. The fourth-order valence-electron chi connectivity index (χ4n) is 3.07. The highest BCUT2D eigenvalue weighted by Crippen LogP contribution is 2.24. The van der Waals surface area contributed by atoms with Crippen LogP contribution in [0.3, 0.4) is 0 Å². The smallest absolute Gasteiger partial charge is 0.223 e. The molecule has 1 aromatic carbocycles. The van der Waals surface area contributed by atoms with Gasteiger partial charge in [0.2, 0.25) is 5.95 Å². The molecule has 0 bridgehead atoms. The molecule has 1 aliphatic carbocycles. The summed E-state index contributed by atoms with van der Waals surface area (Å²) in [7, 11) is 0. The second kappa shape index (κ2) is 7.59. The number of nitrogens with one attached hydrogen (secondary N) is 2. The minimum absolute atomic E-state index is 0.0547. The van der Waals surface area contributed by atoms with Crippen LogP contribution >= 0.6 is 0 Å². The first kappa shape index (κ1) is 16.7. The summed E-state index contributed by atoms with van der Waals surface area (Å²) in [6.07, 6.45) is 5.12. The van der Waals surface area contributed by atoms with E-state index in [4.69, 9.17) is 5.11 Å². The number of fused-ring (bicyclic) bond motifs is 1. The molecule has 0 spiro atoms.